The molecule has 3 nitrogen and oxygen atoms in total. The second-order valence-electron chi connectivity index (χ2n) is 2.00. The van der Waals surface area contributed by atoms with Crippen molar-refractivity contribution in [3.63, 3.8) is 0 Å². The van der Waals surface area contributed by atoms with Crippen molar-refractivity contribution < 1.29 is 14.3 Å². The van der Waals surface area contributed by atoms with Gasteiger partial charge < -0.3 is 14.3 Å². The molecule has 0 spiro atoms. The van der Waals surface area contributed by atoms with Crippen molar-refractivity contribution in [2.24, 2.45) is 0 Å². The largest absolute Gasteiger partial charge is 0.786 e. The van der Waals surface area contributed by atoms with Gasteiger partial charge in [0.2, 0.25) is 0 Å². The van der Waals surface area contributed by atoms with Gasteiger partial charge in [-0.3, -0.25) is 0 Å². The number of hydrogen-bond donors (Lipinski definition) is 1. The second-order valence-corrected chi connectivity index (χ2v) is 2.73. The molecule has 0 bridgehead atoms. The summed E-state index contributed by atoms with van der Waals surface area (Å²) in [6.45, 7) is 0.187. The van der Waals surface area contributed by atoms with E-state index in [-0.39, 0.29) is 6.61 Å². The minimum atomic E-state index is -2.47. The van der Waals surface area contributed by atoms with Crippen LogP contribution in [-0.2, 0) is 11.1 Å². The van der Waals surface area contributed by atoms with Crippen molar-refractivity contribution in [3.8, 4) is 0 Å². The molecule has 0 heterocycles. The molecule has 4 heteroatoms. The highest BCUT2D eigenvalue weighted by Crippen LogP contribution is 2.20. The minimum Gasteiger partial charge on any atom is -0.786 e. The van der Waals surface area contributed by atoms with Gasteiger partial charge >= 0.3 is 0 Å². The first kappa shape index (κ1) is 8.62. The Morgan fingerprint density at radius 2 is 2.00 bits per heavy atom. The molecule has 0 radical (unpaired) electrons. The van der Waals surface area contributed by atoms with Gasteiger partial charge in [0.1, 0.15) is 0 Å². The molecular weight excluding hydrogens is 163 g/mol. The van der Waals surface area contributed by atoms with Gasteiger partial charge in [-0.2, -0.15) is 0 Å². The first-order valence-electron chi connectivity index (χ1n) is 3.12. The molecule has 0 saturated carbocycles. The molecule has 1 N–H and O–H groups in total. The fourth-order valence-corrected chi connectivity index (χ4v) is 0.964. The highest BCUT2D eigenvalue weighted by atomic mass is 31.2. The molecule has 0 saturated heterocycles. The lowest BCUT2D eigenvalue weighted by Crippen LogP contribution is -1.97. The average molecular weight is 171 g/mol. The van der Waals surface area contributed by atoms with E-state index in [9.17, 15) is 4.89 Å². The van der Waals surface area contributed by atoms with Gasteiger partial charge in [-0.25, -0.2) is 0 Å². The van der Waals surface area contributed by atoms with Crippen molar-refractivity contribution in [2.75, 3.05) is 0 Å². The fourth-order valence-electron chi connectivity index (χ4n) is 0.704. The van der Waals surface area contributed by atoms with Gasteiger partial charge in [-0.05, 0) is 5.56 Å². The van der Waals surface area contributed by atoms with Crippen molar-refractivity contribution in [3.05, 3.63) is 35.9 Å². The molecule has 11 heavy (non-hydrogen) atoms. The molecule has 1 atom stereocenters. The van der Waals surface area contributed by atoms with Gasteiger partial charge in [0, 0.05) is 0 Å². The summed E-state index contributed by atoms with van der Waals surface area (Å²) in [6.07, 6.45) is 0. The summed E-state index contributed by atoms with van der Waals surface area (Å²) in [5.74, 6) is 0. The Bertz CT molecular complexity index is 200. The summed E-state index contributed by atoms with van der Waals surface area (Å²) in [5.41, 5.74) is 0.893. The molecule has 0 aliphatic rings. The van der Waals surface area contributed by atoms with E-state index >= 15 is 0 Å². The Morgan fingerprint density at radius 1 is 1.36 bits per heavy atom. The standard InChI is InChI=1S/C7H8O3P/c8-11(9)10-6-7-4-2-1-3-5-7/h1-5,8H,6H2/q-1. The van der Waals surface area contributed by atoms with Gasteiger partial charge in [0.05, 0.1) is 15.2 Å². The van der Waals surface area contributed by atoms with Crippen LogP contribution in [0.3, 0.4) is 0 Å². The SMILES string of the molecule is [O-]P(O)OCc1ccccc1. The molecule has 1 unspecified atom stereocenters. The lowest BCUT2D eigenvalue weighted by atomic mass is 10.2. The van der Waals surface area contributed by atoms with Crippen LogP contribution in [0.1, 0.15) is 5.56 Å². The molecule has 0 fully saturated rings. The third-order valence-electron chi connectivity index (χ3n) is 1.18. The predicted molar refractivity (Wildman–Crippen MR) is 40.4 cm³/mol. The maximum absolute atomic E-state index is 10.1. The van der Waals surface area contributed by atoms with E-state index in [4.69, 9.17) is 4.89 Å². The van der Waals surface area contributed by atoms with E-state index in [1.807, 2.05) is 30.3 Å². The van der Waals surface area contributed by atoms with E-state index in [1.165, 1.54) is 0 Å². The number of hydrogen-bond acceptors (Lipinski definition) is 3. The van der Waals surface area contributed by atoms with E-state index < -0.39 is 8.60 Å². The Balaban J connectivity index is 2.39. The van der Waals surface area contributed by atoms with Crippen molar-refractivity contribution in [2.45, 2.75) is 6.61 Å². The Labute approximate surface area is 66.3 Å². The predicted octanol–water partition coefficient (Wildman–Crippen LogP) is 0.783. The van der Waals surface area contributed by atoms with Crippen LogP contribution in [0.4, 0.5) is 0 Å². The highest BCUT2D eigenvalue weighted by Gasteiger charge is 1.90. The van der Waals surface area contributed by atoms with Crippen LogP contribution in [0.5, 0.6) is 0 Å². The summed E-state index contributed by atoms with van der Waals surface area (Å²) in [6, 6.07) is 9.24. The number of benzene rings is 1. The number of rotatable bonds is 3. The fraction of sp³-hybridized carbons (Fsp3) is 0.143. The molecule has 0 aliphatic carbocycles. The van der Waals surface area contributed by atoms with Crippen molar-refractivity contribution in [1.29, 1.82) is 0 Å². The quantitative estimate of drug-likeness (QED) is 0.684. The Kier molecular flexibility index (Phi) is 3.46. The van der Waals surface area contributed by atoms with E-state index in [0.29, 0.717) is 0 Å². The monoisotopic (exact) mass is 171 g/mol. The zero-order valence-electron chi connectivity index (χ0n) is 5.80. The second kappa shape index (κ2) is 4.42. The van der Waals surface area contributed by atoms with Crippen molar-refractivity contribution in [1.82, 2.24) is 0 Å². The topological polar surface area (TPSA) is 52.5 Å². The lowest BCUT2D eigenvalue weighted by Gasteiger charge is -2.13. The lowest BCUT2D eigenvalue weighted by molar-refractivity contribution is -0.200. The smallest absolute Gasteiger partial charge is 0.0797 e. The van der Waals surface area contributed by atoms with Gasteiger partial charge in [0.15, 0.2) is 0 Å². The van der Waals surface area contributed by atoms with E-state index in [0.717, 1.165) is 5.56 Å². The van der Waals surface area contributed by atoms with Gasteiger partial charge in [0.25, 0.3) is 0 Å². The zero-order valence-corrected chi connectivity index (χ0v) is 6.70. The average Bonchev–Trinajstić information content (AvgIpc) is 2.03. The summed E-state index contributed by atoms with van der Waals surface area (Å²) in [5, 5.41) is 0. The Hall–Kier alpha value is -0.470. The minimum absolute atomic E-state index is 0.187. The first-order valence-corrected chi connectivity index (χ1v) is 4.25. The molecule has 0 amide bonds. The zero-order chi connectivity index (χ0) is 8.10. The molecule has 1 rings (SSSR count). The van der Waals surface area contributed by atoms with Gasteiger partial charge in [-0.1, -0.05) is 30.3 Å². The van der Waals surface area contributed by atoms with Crippen LogP contribution in [0.15, 0.2) is 30.3 Å². The summed E-state index contributed by atoms with van der Waals surface area (Å²) in [4.78, 5) is 18.4. The van der Waals surface area contributed by atoms with Crippen LogP contribution in [0.25, 0.3) is 0 Å². The summed E-state index contributed by atoms with van der Waals surface area (Å²) >= 11 is 0. The summed E-state index contributed by atoms with van der Waals surface area (Å²) < 4.78 is 4.49. The molecular formula is C7H8O3P-. The molecule has 0 aromatic heterocycles. The van der Waals surface area contributed by atoms with Crippen LogP contribution < -0.4 is 4.89 Å². The maximum Gasteiger partial charge on any atom is 0.0797 e. The molecule has 1 aromatic rings. The van der Waals surface area contributed by atoms with E-state index in [2.05, 4.69) is 4.52 Å². The normalized spacial score (nSPS) is 12.9. The maximum atomic E-state index is 10.1. The van der Waals surface area contributed by atoms with Crippen molar-refractivity contribution >= 4 is 8.60 Å². The van der Waals surface area contributed by atoms with Gasteiger partial charge in [-0.15, -0.1) is 0 Å². The summed E-state index contributed by atoms with van der Waals surface area (Å²) in [7, 11) is -2.47. The van der Waals surface area contributed by atoms with E-state index in [1.54, 1.807) is 0 Å². The van der Waals surface area contributed by atoms with Crippen LogP contribution >= 0.6 is 8.60 Å². The van der Waals surface area contributed by atoms with Crippen LogP contribution in [-0.4, -0.2) is 4.89 Å². The molecule has 60 valence electrons. The Morgan fingerprint density at radius 3 is 2.55 bits per heavy atom. The highest BCUT2D eigenvalue weighted by molar-refractivity contribution is 7.37. The van der Waals surface area contributed by atoms with Crippen LogP contribution in [0.2, 0.25) is 0 Å². The first-order chi connectivity index (χ1) is 5.29. The third kappa shape index (κ3) is 3.44. The molecule has 0 aliphatic heterocycles. The third-order valence-corrected chi connectivity index (χ3v) is 1.53. The molecule has 1 aromatic carbocycles. The van der Waals surface area contributed by atoms with Crippen LogP contribution in [0, 0.1) is 0 Å².